The summed E-state index contributed by atoms with van der Waals surface area (Å²) >= 11 is 0. The zero-order valence-corrected chi connectivity index (χ0v) is 15.7. The molecule has 0 aliphatic carbocycles. The lowest BCUT2D eigenvalue weighted by Crippen LogP contribution is -2.43. The van der Waals surface area contributed by atoms with Crippen LogP contribution in [0.25, 0.3) is 0 Å². The first-order chi connectivity index (χ1) is 12.0. The van der Waals surface area contributed by atoms with E-state index in [4.69, 9.17) is 4.74 Å². The molecule has 0 spiro atoms. The predicted molar refractivity (Wildman–Crippen MR) is 97.7 cm³/mol. The Morgan fingerprint density at radius 2 is 1.88 bits per heavy atom. The van der Waals surface area contributed by atoms with Crippen LogP contribution < -0.4 is 4.74 Å². The van der Waals surface area contributed by atoms with Crippen molar-refractivity contribution in [3.63, 3.8) is 0 Å². The minimum atomic E-state index is -1.00. The van der Waals surface area contributed by atoms with Crippen LogP contribution in [-0.4, -0.2) is 45.2 Å². The van der Waals surface area contributed by atoms with Crippen molar-refractivity contribution >= 4 is 11.9 Å². The Hall–Kier alpha value is -2.34. The molecule has 1 amide bonds. The largest absolute Gasteiger partial charge is 0.480 e. The number of hydrogen-bond donors (Lipinski definition) is 2. The van der Waals surface area contributed by atoms with Gasteiger partial charge in [0.25, 0.3) is 5.91 Å². The van der Waals surface area contributed by atoms with Crippen LogP contribution >= 0.6 is 0 Å². The van der Waals surface area contributed by atoms with E-state index in [9.17, 15) is 19.8 Å². The summed E-state index contributed by atoms with van der Waals surface area (Å²) in [5, 5.41) is 19.3. The summed E-state index contributed by atoms with van der Waals surface area (Å²) < 4.78 is 5.74. The summed E-state index contributed by atoms with van der Waals surface area (Å²) in [6.07, 6.45) is 2.27. The lowest BCUT2D eigenvalue weighted by atomic mass is 9.99. The molecular formula is C20H27NO5. The number of carbonyl (C=O) groups is 2. The third-order valence-electron chi connectivity index (χ3n) is 4.06. The van der Waals surface area contributed by atoms with Gasteiger partial charge in [0.15, 0.2) is 0 Å². The fraction of sp³-hybridized carbons (Fsp3) is 0.500. The summed E-state index contributed by atoms with van der Waals surface area (Å²) in [5.74, 6) is -0.178. The van der Waals surface area contributed by atoms with E-state index in [1.165, 1.54) is 11.0 Å². The van der Waals surface area contributed by atoms with Crippen molar-refractivity contribution in [2.75, 3.05) is 6.54 Å². The van der Waals surface area contributed by atoms with Crippen LogP contribution in [0.4, 0.5) is 0 Å². The average molecular weight is 361 g/mol. The molecule has 6 heteroatoms. The molecule has 1 unspecified atom stereocenters. The molecule has 6 nitrogen and oxygen atoms in total. The number of rotatable bonds is 8. The Bertz CT molecular complexity index is 685. The molecular weight excluding hydrogens is 334 g/mol. The van der Waals surface area contributed by atoms with Crippen molar-refractivity contribution in [3.05, 3.63) is 41.7 Å². The topological polar surface area (TPSA) is 87.1 Å². The first kappa shape index (κ1) is 20.0. The molecule has 1 aliphatic heterocycles. The van der Waals surface area contributed by atoms with Crippen LogP contribution in [0.3, 0.4) is 0 Å². The summed E-state index contributed by atoms with van der Waals surface area (Å²) in [6.45, 7) is 7.50. The number of carboxylic acids is 1. The number of carbonyl (C=O) groups excluding carboxylic acids is 1. The fourth-order valence-corrected chi connectivity index (χ4v) is 2.97. The third kappa shape index (κ3) is 5.59. The lowest BCUT2D eigenvalue weighted by molar-refractivity contribution is -0.148. The van der Waals surface area contributed by atoms with Gasteiger partial charge in [-0.3, -0.25) is 4.79 Å². The number of benzene rings is 1. The van der Waals surface area contributed by atoms with E-state index in [2.05, 4.69) is 0 Å². The standard InChI is InChI=1S/C20H27NO5/c1-13(2)9-17(19(23)24)21-12-16(10-18(21)22)26-15-7-5-14(6-8-15)11-20(3,4)25/h5-8,10,13,17,25H,9,11-12H2,1-4H3,(H,23,24). The van der Waals surface area contributed by atoms with Gasteiger partial charge < -0.3 is 19.8 Å². The normalized spacial score (nSPS) is 16.0. The minimum absolute atomic E-state index is 0.147. The van der Waals surface area contributed by atoms with Gasteiger partial charge in [-0.1, -0.05) is 26.0 Å². The Balaban J connectivity index is 2.02. The lowest BCUT2D eigenvalue weighted by Gasteiger charge is -2.25. The first-order valence-electron chi connectivity index (χ1n) is 8.78. The number of aliphatic hydroxyl groups is 1. The van der Waals surface area contributed by atoms with Gasteiger partial charge in [0.2, 0.25) is 0 Å². The van der Waals surface area contributed by atoms with Gasteiger partial charge >= 0.3 is 5.97 Å². The number of nitrogens with zero attached hydrogens (tertiary/aromatic N) is 1. The van der Waals surface area contributed by atoms with Crippen molar-refractivity contribution in [1.29, 1.82) is 0 Å². The number of amides is 1. The Morgan fingerprint density at radius 1 is 1.27 bits per heavy atom. The molecule has 0 aromatic heterocycles. The maximum Gasteiger partial charge on any atom is 0.326 e. The van der Waals surface area contributed by atoms with Crippen molar-refractivity contribution in [2.24, 2.45) is 5.92 Å². The summed E-state index contributed by atoms with van der Waals surface area (Å²) in [6, 6.07) is 6.42. The second kappa shape index (κ2) is 7.91. The van der Waals surface area contributed by atoms with Crippen LogP contribution in [0.2, 0.25) is 0 Å². The van der Waals surface area contributed by atoms with Gasteiger partial charge in [0, 0.05) is 12.5 Å². The molecule has 1 aromatic carbocycles. The van der Waals surface area contributed by atoms with Gasteiger partial charge in [0.1, 0.15) is 17.6 Å². The predicted octanol–water partition coefficient (Wildman–Crippen LogP) is 2.60. The molecule has 1 atom stereocenters. The maximum absolute atomic E-state index is 12.2. The van der Waals surface area contributed by atoms with Gasteiger partial charge in [-0.2, -0.15) is 0 Å². The summed E-state index contributed by atoms with van der Waals surface area (Å²) in [7, 11) is 0. The van der Waals surface area contributed by atoms with Gasteiger partial charge in [-0.25, -0.2) is 4.79 Å². The Morgan fingerprint density at radius 3 is 2.38 bits per heavy atom. The van der Waals surface area contributed by atoms with Crippen LogP contribution in [0.5, 0.6) is 5.75 Å². The SMILES string of the molecule is CC(C)CC(C(=O)O)N1CC(Oc2ccc(CC(C)(C)O)cc2)=CC1=O. The van der Waals surface area contributed by atoms with Gasteiger partial charge in [-0.05, 0) is 43.9 Å². The monoisotopic (exact) mass is 361 g/mol. The van der Waals surface area contributed by atoms with Crippen molar-refractivity contribution < 1.29 is 24.5 Å². The molecule has 0 saturated heterocycles. The molecule has 0 bridgehead atoms. The zero-order valence-electron chi connectivity index (χ0n) is 15.7. The zero-order chi connectivity index (χ0) is 19.5. The molecule has 26 heavy (non-hydrogen) atoms. The fourth-order valence-electron chi connectivity index (χ4n) is 2.97. The van der Waals surface area contributed by atoms with Crippen molar-refractivity contribution in [2.45, 2.75) is 52.2 Å². The quantitative estimate of drug-likeness (QED) is 0.743. The number of aliphatic carboxylic acids is 1. The van der Waals surface area contributed by atoms with Crippen LogP contribution in [0.1, 0.15) is 39.7 Å². The second-order valence-electron chi connectivity index (χ2n) is 7.80. The highest BCUT2D eigenvalue weighted by Crippen LogP contribution is 2.23. The molecule has 1 heterocycles. The smallest absolute Gasteiger partial charge is 0.326 e. The van der Waals surface area contributed by atoms with Crippen molar-refractivity contribution in [1.82, 2.24) is 4.90 Å². The minimum Gasteiger partial charge on any atom is -0.480 e. The van der Waals surface area contributed by atoms with E-state index < -0.39 is 17.6 Å². The highest BCUT2D eigenvalue weighted by atomic mass is 16.5. The molecule has 0 fully saturated rings. The van der Waals surface area contributed by atoms with E-state index in [1.54, 1.807) is 26.0 Å². The highest BCUT2D eigenvalue weighted by molar-refractivity contribution is 5.94. The Labute approximate surface area is 154 Å². The van der Waals surface area contributed by atoms with Crippen LogP contribution in [-0.2, 0) is 16.0 Å². The highest BCUT2D eigenvalue weighted by Gasteiger charge is 2.34. The van der Waals surface area contributed by atoms with Gasteiger partial charge in [0.05, 0.1) is 12.1 Å². The summed E-state index contributed by atoms with van der Waals surface area (Å²) in [4.78, 5) is 25.0. The molecule has 1 aliphatic rings. The van der Waals surface area contributed by atoms with E-state index >= 15 is 0 Å². The summed E-state index contributed by atoms with van der Waals surface area (Å²) in [5.41, 5.74) is 0.191. The number of ether oxygens (including phenoxy) is 1. The molecule has 1 aromatic rings. The molecule has 2 rings (SSSR count). The third-order valence-corrected chi connectivity index (χ3v) is 4.06. The van der Waals surface area contributed by atoms with Crippen molar-refractivity contribution in [3.8, 4) is 5.75 Å². The van der Waals surface area contributed by atoms with E-state index in [0.29, 0.717) is 24.4 Å². The number of hydrogen-bond acceptors (Lipinski definition) is 4. The van der Waals surface area contributed by atoms with Crippen LogP contribution in [0, 0.1) is 5.92 Å². The van der Waals surface area contributed by atoms with E-state index in [-0.39, 0.29) is 18.4 Å². The van der Waals surface area contributed by atoms with Crippen LogP contribution in [0.15, 0.2) is 36.1 Å². The molecule has 0 saturated carbocycles. The van der Waals surface area contributed by atoms with Gasteiger partial charge in [-0.15, -0.1) is 0 Å². The average Bonchev–Trinajstić information content (AvgIpc) is 2.85. The van der Waals surface area contributed by atoms with E-state index in [0.717, 1.165) is 5.56 Å². The molecule has 0 radical (unpaired) electrons. The first-order valence-corrected chi connectivity index (χ1v) is 8.78. The van der Waals surface area contributed by atoms with E-state index in [1.807, 2.05) is 26.0 Å². The second-order valence-corrected chi connectivity index (χ2v) is 7.80. The number of carboxylic acid groups (broad SMARTS) is 1. The maximum atomic E-state index is 12.2. The Kier molecular flexibility index (Phi) is 6.08. The molecule has 2 N–H and O–H groups in total. The molecule has 142 valence electrons.